The molecule has 1 unspecified atom stereocenters. The summed E-state index contributed by atoms with van der Waals surface area (Å²) < 4.78 is 13.1. The Morgan fingerprint density at radius 1 is 1.05 bits per heavy atom. The number of rotatable bonds is 6. The molecule has 0 heterocycles. The van der Waals surface area contributed by atoms with Gasteiger partial charge in [0.1, 0.15) is 5.82 Å². The number of halogens is 2. The highest BCUT2D eigenvalue weighted by atomic mass is 35.5. The Labute approximate surface area is 137 Å². The van der Waals surface area contributed by atoms with Crippen molar-refractivity contribution < 1.29 is 4.39 Å². The van der Waals surface area contributed by atoms with E-state index < -0.39 is 0 Å². The third kappa shape index (κ3) is 4.74. The Morgan fingerprint density at radius 2 is 1.73 bits per heavy atom. The lowest BCUT2D eigenvalue weighted by Gasteiger charge is -2.15. The molecule has 2 aromatic carbocycles. The van der Waals surface area contributed by atoms with Crippen molar-refractivity contribution >= 4 is 17.3 Å². The summed E-state index contributed by atoms with van der Waals surface area (Å²) in [6.07, 6.45) is 1.11. The number of anilines is 1. The second-order valence-corrected chi connectivity index (χ2v) is 6.66. The van der Waals surface area contributed by atoms with Crippen LogP contribution in [0.1, 0.15) is 37.8 Å². The van der Waals surface area contributed by atoms with Crippen LogP contribution in [0.25, 0.3) is 0 Å². The molecule has 3 heteroatoms. The summed E-state index contributed by atoms with van der Waals surface area (Å²) in [6.45, 7) is 7.42. The molecule has 0 saturated carbocycles. The molecular formula is C19H23ClFN. The highest BCUT2D eigenvalue weighted by molar-refractivity contribution is 6.31. The van der Waals surface area contributed by atoms with Crippen LogP contribution < -0.4 is 5.32 Å². The summed E-state index contributed by atoms with van der Waals surface area (Å²) in [5.41, 5.74) is 3.52. The Balaban J connectivity index is 1.93. The van der Waals surface area contributed by atoms with Crippen LogP contribution in [-0.4, -0.2) is 6.54 Å². The van der Waals surface area contributed by atoms with E-state index in [4.69, 9.17) is 11.6 Å². The molecule has 0 aliphatic carbocycles. The minimum atomic E-state index is -0.388. The van der Waals surface area contributed by atoms with E-state index in [1.165, 1.54) is 17.2 Å². The molecular weight excluding hydrogens is 297 g/mol. The molecule has 0 saturated heterocycles. The van der Waals surface area contributed by atoms with Gasteiger partial charge in [0, 0.05) is 12.2 Å². The van der Waals surface area contributed by atoms with Gasteiger partial charge in [0.05, 0.1) is 5.02 Å². The third-order valence-corrected chi connectivity index (χ3v) is 4.01. The zero-order valence-electron chi connectivity index (χ0n) is 13.4. The highest BCUT2D eigenvalue weighted by Crippen LogP contribution is 2.22. The van der Waals surface area contributed by atoms with E-state index in [-0.39, 0.29) is 10.8 Å². The molecule has 1 N–H and O–H groups in total. The van der Waals surface area contributed by atoms with Gasteiger partial charge in [-0.25, -0.2) is 4.39 Å². The standard InChI is InChI=1S/C19H23ClFN/c1-13(2)10-15-4-6-16(7-5-15)14(3)12-22-17-8-9-19(21)18(20)11-17/h4-9,11,13-14,22H,10,12H2,1-3H3. The topological polar surface area (TPSA) is 12.0 Å². The quantitative estimate of drug-likeness (QED) is 0.699. The summed E-state index contributed by atoms with van der Waals surface area (Å²) in [7, 11) is 0. The Hall–Kier alpha value is -1.54. The Kier molecular flexibility index (Phi) is 5.84. The van der Waals surface area contributed by atoms with Gasteiger partial charge in [0.15, 0.2) is 0 Å². The maximum absolute atomic E-state index is 13.1. The predicted octanol–water partition coefficient (Wildman–Crippen LogP) is 5.89. The molecule has 1 atom stereocenters. The van der Waals surface area contributed by atoms with Crippen molar-refractivity contribution in [1.82, 2.24) is 0 Å². The summed E-state index contributed by atoms with van der Waals surface area (Å²) in [5.74, 6) is 0.658. The molecule has 1 nitrogen and oxygen atoms in total. The van der Waals surface area contributed by atoms with Crippen molar-refractivity contribution in [3.05, 3.63) is 64.4 Å². The highest BCUT2D eigenvalue weighted by Gasteiger charge is 2.07. The predicted molar refractivity (Wildman–Crippen MR) is 93.3 cm³/mol. The minimum absolute atomic E-state index is 0.149. The molecule has 0 fully saturated rings. The van der Waals surface area contributed by atoms with E-state index in [1.807, 2.05) is 0 Å². The summed E-state index contributed by atoms with van der Waals surface area (Å²) >= 11 is 5.79. The van der Waals surface area contributed by atoms with E-state index in [9.17, 15) is 4.39 Å². The molecule has 118 valence electrons. The second-order valence-electron chi connectivity index (χ2n) is 6.25. The third-order valence-electron chi connectivity index (χ3n) is 3.72. The van der Waals surface area contributed by atoms with Gasteiger partial charge in [-0.2, -0.15) is 0 Å². The first-order valence-corrected chi connectivity index (χ1v) is 8.11. The Bertz CT molecular complexity index is 607. The normalized spacial score (nSPS) is 12.5. The van der Waals surface area contributed by atoms with Gasteiger partial charge in [-0.3, -0.25) is 0 Å². The number of hydrogen-bond donors (Lipinski definition) is 1. The van der Waals surface area contributed by atoms with Crippen LogP contribution in [0.4, 0.5) is 10.1 Å². The number of benzene rings is 2. The summed E-state index contributed by atoms with van der Waals surface area (Å²) in [6, 6.07) is 13.5. The largest absolute Gasteiger partial charge is 0.384 e. The van der Waals surface area contributed by atoms with Crippen LogP contribution in [-0.2, 0) is 6.42 Å². The smallest absolute Gasteiger partial charge is 0.141 e. The average Bonchev–Trinajstić information content (AvgIpc) is 2.48. The molecule has 2 rings (SSSR count). The SMILES string of the molecule is CC(C)Cc1ccc(C(C)CNc2ccc(F)c(Cl)c2)cc1. The lowest BCUT2D eigenvalue weighted by Crippen LogP contribution is -2.10. The van der Waals surface area contributed by atoms with Crippen molar-refractivity contribution in [2.75, 3.05) is 11.9 Å². The minimum Gasteiger partial charge on any atom is -0.384 e. The van der Waals surface area contributed by atoms with E-state index in [0.717, 1.165) is 18.7 Å². The van der Waals surface area contributed by atoms with Gasteiger partial charge in [0.2, 0.25) is 0 Å². The van der Waals surface area contributed by atoms with Crippen molar-refractivity contribution in [2.24, 2.45) is 5.92 Å². The van der Waals surface area contributed by atoms with E-state index in [2.05, 4.69) is 50.4 Å². The maximum Gasteiger partial charge on any atom is 0.141 e. The van der Waals surface area contributed by atoms with Gasteiger partial charge >= 0.3 is 0 Å². The van der Waals surface area contributed by atoms with Gasteiger partial charge in [-0.15, -0.1) is 0 Å². The number of hydrogen-bond acceptors (Lipinski definition) is 1. The Morgan fingerprint density at radius 3 is 2.32 bits per heavy atom. The monoisotopic (exact) mass is 319 g/mol. The van der Waals surface area contributed by atoms with Crippen molar-refractivity contribution in [1.29, 1.82) is 0 Å². The molecule has 0 bridgehead atoms. The van der Waals surface area contributed by atoms with Crippen LogP contribution in [0.5, 0.6) is 0 Å². The molecule has 22 heavy (non-hydrogen) atoms. The first-order valence-electron chi connectivity index (χ1n) is 7.73. The van der Waals surface area contributed by atoms with Crippen LogP contribution in [0.2, 0.25) is 5.02 Å². The van der Waals surface area contributed by atoms with Crippen LogP contribution in [0, 0.1) is 11.7 Å². The van der Waals surface area contributed by atoms with Crippen molar-refractivity contribution in [2.45, 2.75) is 33.1 Å². The summed E-state index contributed by atoms with van der Waals surface area (Å²) in [4.78, 5) is 0. The molecule has 2 aromatic rings. The zero-order valence-corrected chi connectivity index (χ0v) is 14.1. The van der Waals surface area contributed by atoms with Gasteiger partial charge in [-0.1, -0.05) is 56.6 Å². The molecule has 0 radical (unpaired) electrons. The van der Waals surface area contributed by atoms with E-state index >= 15 is 0 Å². The maximum atomic E-state index is 13.1. The number of nitrogens with one attached hydrogen (secondary N) is 1. The van der Waals surface area contributed by atoms with Gasteiger partial charge in [-0.05, 0) is 47.6 Å². The molecule has 0 aliphatic rings. The molecule has 0 amide bonds. The molecule has 0 aromatic heterocycles. The fourth-order valence-electron chi connectivity index (χ4n) is 2.45. The van der Waals surface area contributed by atoms with E-state index in [1.54, 1.807) is 12.1 Å². The van der Waals surface area contributed by atoms with E-state index in [0.29, 0.717) is 11.8 Å². The lowest BCUT2D eigenvalue weighted by molar-refractivity contribution is 0.628. The van der Waals surface area contributed by atoms with Crippen LogP contribution in [0.15, 0.2) is 42.5 Å². The van der Waals surface area contributed by atoms with Crippen molar-refractivity contribution in [3.63, 3.8) is 0 Å². The molecule has 0 spiro atoms. The van der Waals surface area contributed by atoms with Crippen LogP contribution in [0.3, 0.4) is 0 Å². The first-order chi connectivity index (χ1) is 10.5. The van der Waals surface area contributed by atoms with Gasteiger partial charge < -0.3 is 5.32 Å². The zero-order chi connectivity index (χ0) is 16.1. The molecule has 0 aliphatic heterocycles. The lowest BCUT2D eigenvalue weighted by atomic mass is 9.97. The fourth-order valence-corrected chi connectivity index (χ4v) is 2.63. The second kappa shape index (κ2) is 7.64. The average molecular weight is 320 g/mol. The fraction of sp³-hybridized carbons (Fsp3) is 0.368. The first kappa shape index (κ1) is 16.8. The summed E-state index contributed by atoms with van der Waals surface area (Å²) in [5, 5.41) is 3.46. The van der Waals surface area contributed by atoms with Crippen LogP contribution >= 0.6 is 11.6 Å². The van der Waals surface area contributed by atoms with Gasteiger partial charge in [0.25, 0.3) is 0 Å². The van der Waals surface area contributed by atoms with Crippen molar-refractivity contribution in [3.8, 4) is 0 Å².